The number of hydrogen-bond acceptors (Lipinski definition) is 2. The van der Waals surface area contributed by atoms with Gasteiger partial charge < -0.3 is 9.73 Å². The predicted octanol–water partition coefficient (Wildman–Crippen LogP) is 7.13. The standard InChI is InChI=1S/C27H20ClNO2/c1-17-6-7-19(16-25(17)28)26-12-9-22(31-26)10-13-27(30)29-21-8-11-24-20(15-21)14-18-4-2-3-5-23(18)24/h2-13,15-16H,14H2,1H3,(H,29,30). The normalized spacial score (nSPS) is 12.1. The molecule has 0 atom stereocenters. The summed E-state index contributed by atoms with van der Waals surface area (Å²) in [5, 5.41) is 3.63. The molecule has 5 rings (SSSR count). The molecule has 0 spiro atoms. The topological polar surface area (TPSA) is 42.2 Å². The lowest BCUT2D eigenvalue weighted by molar-refractivity contribution is -0.111. The van der Waals surface area contributed by atoms with Crippen molar-refractivity contribution in [2.45, 2.75) is 13.3 Å². The minimum Gasteiger partial charge on any atom is -0.457 e. The lowest BCUT2D eigenvalue weighted by atomic mass is 10.1. The molecule has 1 heterocycles. The van der Waals surface area contributed by atoms with Gasteiger partial charge in [0.1, 0.15) is 11.5 Å². The molecule has 1 amide bonds. The summed E-state index contributed by atoms with van der Waals surface area (Å²) < 4.78 is 5.84. The van der Waals surface area contributed by atoms with E-state index in [4.69, 9.17) is 16.0 Å². The van der Waals surface area contributed by atoms with Gasteiger partial charge in [0.2, 0.25) is 5.91 Å². The monoisotopic (exact) mass is 425 g/mol. The minimum atomic E-state index is -0.202. The molecular weight excluding hydrogens is 406 g/mol. The molecule has 1 N–H and O–H groups in total. The molecule has 1 aromatic heterocycles. The van der Waals surface area contributed by atoms with Crippen LogP contribution in [0.3, 0.4) is 0 Å². The van der Waals surface area contributed by atoms with Crippen LogP contribution in [0.15, 0.2) is 83.3 Å². The number of anilines is 1. The first kappa shape index (κ1) is 19.4. The van der Waals surface area contributed by atoms with Crippen LogP contribution in [-0.4, -0.2) is 5.91 Å². The number of benzene rings is 3. The second-order valence-corrected chi connectivity index (χ2v) is 8.10. The van der Waals surface area contributed by atoms with Crippen molar-refractivity contribution in [2.75, 3.05) is 5.32 Å². The van der Waals surface area contributed by atoms with Gasteiger partial charge in [-0.05, 0) is 77.6 Å². The Kier molecular flexibility index (Phi) is 4.97. The van der Waals surface area contributed by atoms with Crippen LogP contribution in [0.2, 0.25) is 5.02 Å². The van der Waals surface area contributed by atoms with Crippen LogP contribution >= 0.6 is 11.6 Å². The summed E-state index contributed by atoms with van der Waals surface area (Å²) in [6.45, 7) is 1.96. The highest BCUT2D eigenvalue weighted by Gasteiger charge is 2.18. The molecule has 4 heteroatoms. The van der Waals surface area contributed by atoms with Gasteiger partial charge in [-0.1, -0.05) is 54.1 Å². The highest BCUT2D eigenvalue weighted by Crippen LogP contribution is 2.37. The average Bonchev–Trinajstić information content (AvgIpc) is 3.38. The molecule has 152 valence electrons. The van der Waals surface area contributed by atoms with Crippen molar-refractivity contribution in [1.82, 2.24) is 0 Å². The number of amides is 1. The maximum atomic E-state index is 12.4. The van der Waals surface area contributed by atoms with Crippen molar-refractivity contribution in [1.29, 1.82) is 0 Å². The lowest BCUT2D eigenvalue weighted by Crippen LogP contribution is -2.07. The zero-order valence-corrected chi connectivity index (χ0v) is 17.7. The van der Waals surface area contributed by atoms with Crippen LogP contribution in [0.25, 0.3) is 28.5 Å². The largest absolute Gasteiger partial charge is 0.457 e. The van der Waals surface area contributed by atoms with Gasteiger partial charge in [-0.15, -0.1) is 0 Å². The van der Waals surface area contributed by atoms with E-state index in [2.05, 4.69) is 35.6 Å². The van der Waals surface area contributed by atoms with Crippen molar-refractivity contribution in [3.63, 3.8) is 0 Å². The fourth-order valence-electron chi connectivity index (χ4n) is 3.91. The molecule has 31 heavy (non-hydrogen) atoms. The van der Waals surface area contributed by atoms with Crippen LogP contribution in [0.4, 0.5) is 5.69 Å². The smallest absolute Gasteiger partial charge is 0.248 e. The van der Waals surface area contributed by atoms with Crippen LogP contribution in [-0.2, 0) is 11.2 Å². The minimum absolute atomic E-state index is 0.202. The molecule has 0 radical (unpaired) electrons. The van der Waals surface area contributed by atoms with Gasteiger partial charge in [0.15, 0.2) is 0 Å². The number of rotatable bonds is 4. The van der Waals surface area contributed by atoms with E-state index in [9.17, 15) is 4.79 Å². The van der Waals surface area contributed by atoms with Gasteiger partial charge in [0.05, 0.1) is 0 Å². The Morgan fingerprint density at radius 1 is 0.968 bits per heavy atom. The third-order valence-electron chi connectivity index (χ3n) is 5.54. The van der Waals surface area contributed by atoms with Gasteiger partial charge in [-0.2, -0.15) is 0 Å². The number of halogens is 1. The van der Waals surface area contributed by atoms with Crippen molar-refractivity contribution >= 4 is 29.3 Å². The Bertz CT molecular complexity index is 1330. The summed E-state index contributed by atoms with van der Waals surface area (Å²) in [5.41, 5.74) is 7.78. The Balaban J connectivity index is 1.27. The fourth-order valence-corrected chi connectivity index (χ4v) is 4.09. The Morgan fingerprint density at radius 2 is 1.81 bits per heavy atom. The molecule has 1 aliphatic rings. The molecule has 0 saturated carbocycles. The third-order valence-corrected chi connectivity index (χ3v) is 5.95. The second kappa shape index (κ2) is 7.93. The van der Waals surface area contributed by atoms with Crippen molar-refractivity contribution in [3.05, 3.63) is 106 Å². The number of nitrogens with one attached hydrogen (secondary N) is 1. The van der Waals surface area contributed by atoms with E-state index in [0.717, 1.165) is 23.2 Å². The third kappa shape index (κ3) is 3.92. The number of fused-ring (bicyclic) bond motifs is 3. The molecule has 3 aromatic carbocycles. The van der Waals surface area contributed by atoms with Gasteiger partial charge in [0.25, 0.3) is 0 Å². The summed E-state index contributed by atoms with van der Waals surface area (Å²) in [4.78, 5) is 12.4. The lowest BCUT2D eigenvalue weighted by Gasteiger charge is -2.06. The first-order valence-corrected chi connectivity index (χ1v) is 10.5. The van der Waals surface area contributed by atoms with E-state index in [1.54, 1.807) is 6.08 Å². The van der Waals surface area contributed by atoms with Gasteiger partial charge in [-0.3, -0.25) is 4.79 Å². The van der Waals surface area contributed by atoms with Crippen LogP contribution in [0.5, 0.6) is 0 Å². The van der Waals surface area contributed by atoms with Gasteiger partial charge in [0, 0.05) is 22.3 Å². The molecule has 0 unspecified atom stereocenters. The molecule has 0 bridgehead atoms. The van der Waals surface area contributed by atoms with Crippen LogP contribution in [0.1, 0.15) is 22.5 Å². The van der Waals surface area contributed by atoms with E-state index >= 15 is 0 Å². The molecule has 0 fully saturated rings. The molecule has 0 aliphatic heterocycles. The number of carbonyl (C=O) groups is 1. The molecule has 3 nitrogen and oxygen atoms in total. The van der Waals surface area contributed by atoms with Crippen molar-refractivity contribution in [3.8, 4) is 22.5 Å². The SMILES string of the molecule is Cc1ccc(-c2ccc(C=CC(=O)Nc3ccc4c(c3)Cc3ccccc3-4)o2)cc1Cl. The van der Waals surface area contributed by atoms with E-state index in [-0.39, 0.29) is 5.91 Å². The first-order chi connectivity index (χ1) is 15.1. The second-order valence-electron chi connectivity index (χ2n) is 7.69. The zero-order chi connectivity index (χ0) is 21.4. The van der Waals surface area contributed by atoms with Crippen molar-refractivity contribution < 1.29 is 9.21 Å². The average molecular weight is 426 g/mol. The number of furan rings is 1. The van der Waals surface area contributed by atoms with E-state index < -0.39 is 0 Å². The maximum absolute atomic E-state index is 12.4. The maximum Gasteiger partial charge on any atom is 0.248 e. The number of aryl methyl sites for hydroxylation is 1. The molecule has 4 aromatic rings. The Hall–Kier alpha value is -3.56. The summed E-state index contributed by atoms with van der Waals surface area (Å²) in [5.74, 6) is 1.11. The Labute approximate surface area is 186 Å². The van der Waals surface area contributed by atoms with Crippen molar-refractivity contribution in [2.24, 2.45) is 0 Å². The highest BCUT2D eigenvalue weighted by atomic mass is 35.5. The number of hydrogen-bond donors (Lipinski definition) is 1. The molecule has 0 saturated heterocycles. The van der Waals surface area contributed by atoms with E-state index in [1.807, 2.05) is 49.4 Å². The van der Waals surface area contributed by atoms with E-state index in [1.165, 1.54) is 28.3 Å². The summed E-state index contributed by atoms with van der Waals surface area (Å²) >= 11 is 6.20. The van der Waals surface area contributed by atoms with Gasteiger partial charge >= 0.3 is 0 Å². The summed E-state index contributed by atoms with van der Waals surface area (Å²) in [6.07, 6.45) is 4.04. The van der Waals surface area contributed by atoms with Gasteiger partial charge in [-0.25, -0.2) is 0 Å². The first-order valence-electron chi connectivity index (χ1n) is 10.1. The van der Waals surface area contributed by atoms with Crippen LogP contribution in [0, 0.1) is 6.92 Å². The predicted molar refractivity (Wildman–Crippen MR) is 126 cm³/mol. The highest BCUT2D eigenvalue weighted by molar-refractivity contribution is 6.31. The fraction of sp³-hybridized carbons (Fsp3) is 0.0741. The summed E-state index contributed by atoms with van der Waals surface area (Å²) in [7, 11) is 0. The molecular formula is C27H20ClNO2. The van der Waals surface area contributed by atoms with E-state index in [0.29, 0.717) is 16.5 Å². The summed E-state index contributed by atoms with van der Waals surface area (Å²) in [6, 6.07) is 24.0. The Morgan fingerprint density at radius 3 is 2.68 bits per heavy atom. The number of carbonyl (C=O) groups excluding carboxylic acids is 1. The van der Waals surface area contributed by atoms with Crippen LogP contribution < -0.4 is 5.32 Å². The zero-order valence-electron chi connectivity index (χ0n) is 17.0. The quantitative estimate of drug-likeness (QED) is 0.311. The molecule has 1 aliphatic carbocycles.